The number of aliphatic hydroxyl groups excluding tert-OH is 1. The van der Waals surface area contributed by atoms with Crippen molar-refractivity contribution >= 4 is 23.8 Å². The third-order valence-corrected chi connectivity index (χ3v) is 6.61. The zero-order chi connectivity index (χ0) is 31.3. The molecule has 240 valence electrons. The number of aliphatic hydroxyl groups is 1. The van der Waals surface area contributed by atoms with Crippen molar-refractivity contribution in [2.45, 2.75) is 135 Å². The molecule has 0 spiro atoms. The highest BCUT2D eigenvalue weighted by Gasteiger charge is 2.18. The van der Waals surface area contributed by atoms with Crippen LogP contribution in [0.15, 0.2) is 36.5 Å². The number of aliphatic carboxylic acids is 1. The molecule has 2 amide bonds. The van der Waals surface area contributed by atoms with Crippen molar-refractivity contribution in [2.24, 2.45) is 0 Å². The Balaban J connectivity index is 4.30. The minimum absolute atomic E-state index is 0.170. The van der Waals surface area contributed by atoms with E-state index in [9.17, 15) is 19.2 Å². The molecule has 4 N–H and O–H groups in total. The molecule has 0 aromatic rings. The molecule has 0 radical (unpaired) electrons. The van der Waals surface area contributed by atoms with E-state index in [1.54, 1.807) is 0 Å². The molecule has 2 unspecified atom stereocenters. The second kappa shape index (κ2) is 28.2. The minimum atomic E-state index is -1.39. The molecular weight excluding hydrogens is 536 g/mol. The monoisotopic (exact) mass is 592 g/mol. The molecule has 0 fully saturated rings. The number of nitrogens with one attached hydrogen (secondary N) is 2. The van der Waals surface area contributed by atoms with E-state index in [0.717, 1.165) is 44.9 Å². The molecule has 0 saturated heterocycles. The Morgan fingerprint density at radius 2 is 1.36 bits per heavy atom. The summed E-state index contributed by atoms with van der Waals surface area (Å²) in [4.78, 5) is 46.9. The zero-order valence-corrected chi connectivity index (χ0v) is 26.0. The molecule has 0 aliphatic carbocycles. The molecule has 42 heavy (non-hydrogen) atoms. The Kier molecular flexibility index (Phi) is 26.2. The van der Waals surface area contributed by atoms with E-state index < -0.39 is 30.6 Å². The van der Waals surface area contributed by atoms with Crippen LogP contribution in [0.25, 0.3) is 0 Å². The normalized spacial score (nSPS) is 13.0. The Hall–Kier alpha value is -2.94. The van der Waals surface area contributed by atoms with Crippen LogP contribution in [0.5, 0.6) is 0 Å². The minimum Gasteiger partial charge on any atom is -0.480 e. The average Bonchev–Trinajstić information content (AvgIpc) is 2.96. The van der Waals surface area contributed by atoms with Crippen LogP contribution in [0, 0.1) is 0 Å². The number of carbonyl (C=O) groups excluding carboxylic acids is 3. The van der Waals surface area contributed by atoms with Crippen molar-refractivity contribution in [2.75, 3.05) is 13.2 Å². The molecule has 0 saturated carbocycles. The molecular formula is C33H56N2O7. The smallest absolute Gasteiger partial charge is 0.328 e. The number of allylic oxidation sites excluding steroid dienone is 4. The lowest BCUT2D eigenvalue weighted by molar-refractivity contribution is -0.145. The van der Waals surface area contributed by atoms with Gasteiger partial charge in [-0.2, -0.15) is 0 Å². The van der Waals surface area contributed by atoms with Crippen molar-refractivity contribution < 1.29 is 34.1 Å². The van der Waals surface area contributed by atoms with Crippen LogP contribution in [-0.2, 0) is 23.9 Å². The summed E-state index contributed by atoms with van der Waals surface area (Å²) in [6.45, 7) is 3.25. The number of amides is 2. The topological polar surface area (TPSA) is 142 Å². The van der Waals surface area contributed by atoms with Crippen LogP contribution < -0.4 is 10.6 Å². The summed E-state index contributed by atoms with van der Waals surface area (Å²) in [7, 11) is 0. The fourth-order valence-electron chi connectivity index (χ4n) is 4.14. The number of rotatable bonds is 27. The highest BCUT2D eigenvalue weighted by molar-refractivity contribution is 5.87. The van der Waals surface area contributed by atoms with Crippen LogP contribution in [0.1, 0.15) is 123 Å². The molecule has 0 bridgehead atoms. The Bertz CT molecular complexity index is 823. The van der Waals surface area contributed by atoms with E-state index in [0.29, 0.717) is 12.8 Å². The van der Waals surface area contributed by atoms with E-state index in [4.69, 9.17) is 14.9 Å². The molecule has 0 aromatic carbocycles. The standard InChI is InChI=1S/C33H56N2O7/c1-3-5-7-9-10-11-12-17-21-25-32(39)42-28(22-18-14-8-6-4-2)23-19-15-13-16-20-24-30(37)34-26-31(38)35-29(27-36)33(40)41/h6,8,18-19,22-23,28-29,36H,3-5,7,9-17,20-21,24-27H2,1-2H3,(H,34,37)(H,35,38)(H,40,41)/b8-6-,22-18-,23-19-. The third kappa shape index (κ3) is 24.8. The predicted molar refractivity (Wildman–Crippen MR) is 167 cm³/mol. The van der Waals surface area contributed by atoms with Gasteiger partial charge in [0.05, 0.1) is 13.2 Å². The van der Waals surface area contributed by atoms with E-state index in [1.165, 1.54) is 44.9 Å². The third-order valence-electron chi connectivity index (χ3n) is 6.61. The molecule has 0 aromatic heterocycles. The molecule has 0 heterocycles. The van der Waals surface area contributed by atoms with Gasteiger partial charge in [0.25, 0.3) is 0 Å². The highest BCUT2D eigenvalue weighted by Crippen LogP contribution is 2.12. The fraction of sp³-hybridized carbons (Fsp3) is 0.697. The summed E-state index contributed by atoms with van der Waals surface area (Å²) in [5, 5.41) is 22.3. The van der Waals surface area contributed by atoms with Gasteiger partial charge in [-0.25, -0.2) is 4.79 Å². The van der Waals surface area contributed by atoms with Crippen LogP contribution in [0.2, 0.25) is 0 Å². The van der Waals surface area contributed by atoms with Crippen molar-refractivity contribution in [3.05, 3.63) is 36.5 Å². The predicted octanol–water partition coefficient (Wildman–Crippen LogP) is 5.92. The van der Waals surface area contributed by atoms with Gasteiger partial charge in [-0.1, -0.05) is 95.9 Å². The quantitative estimate of drug-likeness (QED) is 0.0527. The van der Waals surface area contributed by atoms with Gasteiger partial charge in [0, 0.05) is 12.8 Å². The Morgan fingerprint density at radius 1 is 0.738 bits per heavy atom. The Morgan fingerprint density at radius 3 is 2.00 bits per heavy atom. The number of carboxylic acids is 1. The summed E-state index contributed by atoms with van der Waals surface area (Å²) < 4.78 is 5.71. The number of carboxylic acid groups (broad SMARTS) is 1. The second-order valence-corrected chi connectivity index (χ2v) is 10.5. The number of hydrogen-bond donors (Lipinski definition) is 4. The number of hydrogen-bond acceptors (Lipinski definition) is 6. The maximum Gasteiger partial charge on any atom is 0.328 e. The first-order valence-corrected chi connectivity index (χ1v) is 15.9. The lowest BCUT2D eigenvalue weighted by Gasteiger charge is -2.12. The first kappa shape index (κ1) is 39.1. The molecule has 9 nitrogen and oxygen atoms in total. The van der Waals surface area contributed by atoms with Crippen LogP contribution in [-0.4, -0.2) is 59.3 Å². The zero-order valence-electron chi connectivity index (χ0n) is 26.0. The summed E-state index contributed by atoms with van der Waals surface area (Å²) in [6, 6.07) is -1.39. The molecule has 2 atom stereocenters. The second-order valence-electron chi connectivity index (χ2n) is 10.5. The van der Waals surface area contributed by atoms with Crippen LogP contribution in [0.3, 0.4) is 0 Å². The van der Waals surface area contributed by atoms with Crippen molar-refractivity contribution in [3.63, 3.8) is 0 Å². The number of carbonyl (C=O) groups is 4. The van der Waals surface area contributed by atoms with Crippen LogP contribution >= 0.6 is 0 Å². The maximum absolute atomic E-state index is 12.4. The molecule has 0 rings (SSSR count). The number of unbranched alkanes of at least 4 members (excludes halogenated alkanes) is 11. The average molecular weight is 593 g/mol. The van der Waals surface area contributed by atoms with Gasteiger partial charge < -0.3 is 25.6 Å². The largest absolute Gasteiger partial charge is 0.480 e. The van der Waals surface area contributed by atoms with Gasteiger partial charge in [-0.15, -0.1) is 0 Å². The SMILES string of the molecule is CC/C=C\C/C=C\C(/C=C\CCCCCC(=O)NCC(=O)NC(CO)C(=O)O)OC(=O)CCCCCCCCCCC. The van der Waals surface area contributed by atoms with Gasteiger partial charge in [0.2, 0.25) is 11.8 Å². The lowest BCUT2D eigenvalue weighted by Crippen LogP contribution is -2.47. The summed E-state index contributed by atoms with van der Waals surface area (Å²) in [6.07, 6.45) is 28.1. The van der Waals surface area contributed by atoms with Crippen molar-refractivity contribution in [1.29, 1.82) is 0 Å². The van der Waals surface area contributed by atoms with E-state index in [2.05, 4.69) is 36.6 Å². The van der Waals surface area contributed by atoms with Gasteiger partial charge in [0.15, 0.2) is 0 Å². The Labute approximate surface area is 253 Å². The highest BCUT2D eigenvalue weighted by atomic mass is 16.5. The number of esters is 1. The van der Waals surface area contributed by atoms with Gasteiger partial charge in [0.1, 0.15) is 12.1 Å². The van der Waals surface area contributed by atoms with E-state index >= 15 is 0 Å². The first-order chi connectivity index (χ1) is 20.3. The molecule has 0 aliphatic rings. The van der Waals surface area contributed by atoms with Crippen molar-refractivity contribution in [3.8, 4) is 0 Å². The maximum atomic E-state index is 12.4. The van der Waals surface area contributed by atoms with Gasteiger partial charge in [-0.05, 0) is 50.7 Å². The van der Waals surface area contributed by atoms with E-state index in [1.807, 2.05) is 24.3 Å². The fourth-order valence-corrected chi connectivity index (χ4v) is 4.14. The summed E-state index contributed by atoms with van der Waals surface area (Å²) >= 11 is 0. The summed E-state index contributed by atoms with van der Waals surface area (Å²) in [5.74, 6) is -2.48. The van der Waals surface area contributed by atoms with Crippen molar-refractivity contribution in [1.82, 2.24) is 10.6 Å². The number of ether oxygens (including phenoxy) is 1. The molecule has 0 aliphatic heterocycles. The van der Waals surface area contributed by atoms with Gasteiger partial charge >= 0.3 is 11.9 Å². The summed E-state index contributed by atoms with van der Waals surface area (Å²) in [5.41, 5.74) is 0. The van der Waals surface area contributed by atoms with Crippen LogP contribution in [0.4, 0.5) is 0 Å². The van der Waals surface area contributed by atoms with E-state index in [-0.39, 0.29) is 24.8 Å². The van der Waals surface area contributed by atoms with Gasteiger partial charge in [-0.3, -0.25) is 14.4 Å². The first-order valence-electron chi connectivity index (χ1n) is 15.9. The molecule has 9 heteroatoms. The lowest BCUT2D eigenvalue weighted by atomic mass is 10.1.